The molecular weight excluding hydrogens is 440 g/mol. The zero-order valence-corrected chi connectivity index (χ0v) is 19.6. The molecule has 3 aromatic heterocycles. The molecule has 1 atom stereocenters. The number of carbonyl (C=O) groups excluding carboxylic acids is 1. The molecule has 0 saturated heterocycles. The Labute approximate surface area is 201 Å². The largest absolute Gasteiger partial charge is 0.342 e. The summed E-state index contributed by atoms with van der Waals surface area (Å²) in [7, 11) is 0. The van der Waals surface area contributed by atoms with Gasteiger partial charge in [0.1, 0.15) is 11.4 Å². The topological polar surface area (TPSA) is 94.2 Å². The summed E-state index contributed by atoms with van der Waals surface area (Å²) >= 11 is 0. The van der Waals surface area contributed by atoms with E-state index in [-0.39, 0.29) is 11.5 Å². The van der Waals surface area contributed by atoms with Crippen molar-refractivity contribution < 1.29 is 4.79 Å². The van der Waals surface area contributed by atoms with E-state index in [9.17, 15) is 9.59 Å². The number of carbonyl (C=O) groups is 1. The van der Waals surface area contributed by atoms with Gasteiger partial charge in [0.15, 0.2) is 5.65 Å². The normalized spacial score (nSPS) is 12.4. The van der Waals surface area contributed by atoms with Crippen molar-refractivity contribution >= 4 is 28.5 Å². The summed E-state index contributed by atoms with van der Waals surface area (Å²) in [5.74, 6) is 0.0992. The zero-order chi connectivity index (χ0) is 24.5. The summed E-state index contributed by atoms with van der Waals surface area (Å²) in [5, 5.41) is 7.91. The van der Waals surface area contributed by atoms with Gasteiger partial charge in [0, 0.05) is 12.4 Å². The maximum absolute atomic E-state index is 13.8. The second kappa shape index (κ2) is 8.98. The number of nitrogens with one attached hydrogen (secondary N) is 1. The summed E-state index contributed by atoms with van der Waals surface area (Å²) in [6.07, 6.45) is 7.16. The minimum atomic E-state index is -0.580. The van der Waals surface area contributed by atoms with Crippen molar-refractivity contribution in [3.63, 3.8) is 0 Å². The van der Waals surface area contributed by atoms with Crippen LogP contribution in [-0.2, 0) is 0 Å². The molecule has 35 heavy (non-hydrogen) atoms. The zero-order valence-electron chi connectivity index (χ0n) is 19.6. The van der Waals surface area contributed by atoms with Crippen molar-refractivity contribution in [1.29, 1.82) is 0 Å². The van der Waals surface area contributed by atoms with Crippen LogP contribution in [0.15, 0.2) is 77.9 Å². The van der Waals surface area contributed by atoms with Crippen LogP contribution >= 0.6 is 0 Å². The number of fused-ring (bicyclic) bond motifs is 2. The van der Waals surface area contributed by atoms with Crippen molar-refractivity contribution in [2.75, 3.05) is 0 Å². The van der Waals surface area contributed by atoms with Gasteiger partial charge in [-0.3, -0.25) is 14.2 Å². The number of aromatic nitrogens is 5. The maximum atomic E-state index is 13.8. The summed E-state index contributed by atoms with van der Waals surface area (Å²) in [6.45, 7) is 5.49. The number of hydrogen-bond acceptors (Lipinski definition) is 5. The molecule has 0 fully saturated rings. The third-order valence-corrected chi connectivity index (χ3v) is 5.85. The quantitative estimate of drug-likeness (QED) is 0.419. The van der Waals surface area contributed by atoms with Crippen molar-refractivity contribution in [2.24, 2.45) is 0 Å². The van der Waals surface area contributed by atoms with E-state index in [1.807, 2.05) is 74.5 Å². The number of rotatable bonds is 5. The van der Waals surface area contributed by atoms with Crippen LogP contribution in [-0.4, -0.2) is 30.1 Å². The molecule has 0 aliphatic rings. The molecule has 5 rings (SSSR count). The number of benzene rings is 2. The fourth-order valence-electron chi connectivity index (χ4n) is 4.30. The van der Waals surface area contributed by atoms with E-state index < -0.39 is 6.04 Å². The van der Waals surface area contributed by atoms with Gasteiger partial charge >= 0.3 is 0 Å². The predicted molar refractivity (Wildman–Crippen MR) is 136 cm³/mol. The fraction of sp³-hybridized carbons (Fsp3) is 0.148. The Morgan fingerprint density at radius 3 is 2.66 bits per heavy atom. The number of nitrogens with zero attached hydrogens (tertiary/aromatic N) is 5. The molecule has 8 nitrogen and oxygen atoms in total. The van der Waals surface area contributed by atoms with Gasteiger partial charge in [-0.05, 0) is 50.6 Å². The Bertz CT molecular complexity index is 1650. The van der Waals surface area contributed by atoms with E-state index in [1.165, 1.54) is 0 Å². The predicted octanol–water partition coefficient (Wildman–Crippen LogP) is 4.26. The van der Waals surface area contributed by atoms with Crippen LogP contribution in [0.5, 0.6) is 0 Å². The van der Waals surface area contributed by atoms with Gasteiger partial charge in [0.25, 0.3) is 11.5 Å². The molecule has 0 bridgehead atoms. The van der Waals surface area contributed by atoms with Gasteiger partial charge in [0.2, 0.25) is 0 Å². The minimum absolute atomic E-state index is 0.195. The van der Waals surface area contributed by atoms with Crippen LogP contribution in [0.2, 0.25) is 0 Å². The molecule has 2 aromatic carbocycles. The van der Waals surface area contributed by atoms with Crippen molar-refractivity contribution in [3.05, 3.63) is 106 Å². The molecule has 0 aliphatic heterocycles. The van der Waals surface area contributed by atoms with E-state index in [0.29, 0.717) is 39.3 Å². The molecule has 0 aliphatic carbocycles. The average molecular weight is 465 g/mol. The lowest BCUT2D eigenvalue weighted by molar-refractivity contribution is 0.0938. The SMILES string of the molecule is C/C=C/c1cccc2nc(C(C)NC(=O)c3c(C)nn4cccnc34)n(-c3ccccc3)c(=O)c12. The first kappa shape index (κ1) is 22.2. The first-order valence-corrected chi connectivity index (χ1v) is 11.3. The first-order valence-electron chi connectivity index (χ1n) is 11.3. The van der Waals surface area contributed by atoms with E-state index in [4.69, 9.17) is 4.98 Å². The molecule has 1 unspecified atom stereocenters. The van der Waals surface area contributed by atoms with Gasteiger partial charge in [-0.2, -0.15) is 5.10 Å². The summed E-state index contributed by atoms with van der Waals surface area (Å²) in [5.41, 5.74) is 3.27. The number of para-hydroxylation sites is 1. The van der Waals surface area contributed by atoms with Crippen LogP contribution in [0, 0.1) is 6.92 Å². The Kier molecular flexibility index (Phi) is 5.70. The van der Waals surface area contributed by atoms with Crippen molar-refractivity contribution in [3.8, 4) is 5.69 Å². The molecule has 0 spiro atoms. The molecule has 8 heteroatoms. The van der Waals surface area contributed by atoms with Crippen LogP contribution in [0.25, 0.3) is 28.3 Å². The maximum Gasteiger partial charge on any atom is 0.266 e. The van der Waals surface area contributed by atoms with E-state index in [2.05, 4.69) is 15.4 Å². The van der Waals surface area contributed by atoms with Crippen LogP contribution in [0.1, 0.15) is 47.3 Å². The van der Waals surface area contributed by atoms with Gasteiger partial charge in [-0.1, -0.05) is 42.5 Å². The third kappa shape index (κ3) is 3.89. The van der Waals surface area contributed by atoms with Gasteiger partial charge in [-0.15, -0.1) is 0 Å². The third-order valence-electron chi connectivity index (χ3n) is 5.85. The monoisotopic (exact) mass is 464 g/mol. The van der Waals surface area contributed by atoms with Crippen LogP contribution in [0.3, 0.4) is 0 Å². The number of allylic oxidation sites excluding steroid dienone is 1. The highest BCUT2D eigenvalue weighted by molar-refractivity contribution is 6.01. The highest BCUT2D eigenvalue weighted by Gasteiger charge is 2.24. The second-order valence-corrected chi connectivity index (χ2v) is 8.23. The second-order valence-electron chi connectivity index (χ2n) is 8.23. The van der Waals surface area contributed by atoms with E-state index >= 15 is 0 Å². The van der Waals surface area contributed by atoms with E-state index in [0.717, 1.165) is 5.56 Å². The van der Waals surface area contributed by atoms with Crippen molar-refractivity contribution in [2.45, 2.75) is 26.8 Å². The number of aryl methyl sites for hydroxylation is 1. The van der Waals surface area contributed by atoms with Gasteiger partial charge in [0.05, 0.1) is 28.3 Å². The fourth-order valence-corrected chi connectivity index (χ4v) is 4.30. The molecule has 174 valence electrons. The average Bonchev–Trinajstić information content (AvgIpc) is 3.20. The molecule has 0 radical (unpaired) electrons. The molecule has 1 N–H and O–H groups in total. The Balaban J connectivity index is 1.66. The summed E-state index contributed by atoms with van der Waals surface area (Å²) < 4.78 is 3.15. The number of amides is 1. The molecule has 0 saturated carbocycles. The lowest BCUT2D eigenvalue weighted by Crippen LogP contribution is -2.33. The van der Waals surface area contributed by atoms with Gasteiger partial charge < -0.3 is 5.32 Å². The number of hydrogen-bond donors (Lipinski definition) is 1. The van der Waals surface area contributed by atoms with E-state index in [1.54, 1.807) is 34.5 Å². The lowest BCUT2D eigenvalue weighted by Gasteiger charge is -2.20. The highest BCUT2D eigenvalue weighted by Crippen LogP contribution is 2.22. The Hall–Kier alpha value is -4.59. The standard InChI is InChI=1S/C27H24N6O2/c1-4-10-19-11-8-14-21-23(19)27(35)33(20-12-6-5-7-13-20)24(30-21)18(3)29-26(34)22-17(2)31-32-16-9-15-28-25(22)32/h4-16,18H,1-3H3,(H,29,34)/b10-4+. The summed E-state index contributed by atoms with van der Waals surface area (Å²) in [4.78, 5) is 36.3. The lowest BCUT2D eigenvalue weighted by atomic mass is 10.1. The highest BCUT2D eigenvalue weighted by atomic mass is 16.2. The molecule has 3 heterocycles. The van der Waals surface area contributed by atoms with Crippen LogP contribution < -0.4 is 10.9 Å². The van der Waals surface area contributed by atoms with Crippen molar-refractivity contribution in [1.82, 2.24) is 29.5 Å². The smallest absolute Gasteiger partial charge is 0.266 e. The van der Waals surface area contributed by atoms with Crippen LogP contribution in [0.4, 0.5) is 0 Å². The minimum Gasteiger partial charge on any atom is -0.342 e. The van der Waals surface area contributed by atoms with Gasteiger partial charge in [-0.25, -0.2) is 14.5 Å². The molecule has 5 aromatic rings. The Morgan fingerprint density at radius 1 is 1.09 bits per heavy atom. The molecular formula is C27H24N6O2. The Morgan fingerprint density at radius 2 is 1.89 bits per heavy atom. The first-order chi connectivity index (χ1) is 17.0. The molecule has 1 amide bonds. The summed E-state index contributed by atoms with van der Waals surface area (Å²) in [6, 6.07) is 16.1.